The fourth-order valence-electron chi connectivity index (χ4n) is 2.08. The smallest absolute Gasteiger partial charge is 0.296 e. The van der Waals surface area contributed by atoms with E-state index in [1.165, 1.54) is 42.2 Å². The van der Waals surface area contributed by atoms with Gasteiger partial charge in [0.25, 0.3) is 5.91 Å². The Hall–Kier alpha value is -2.81. The van der Waals surface area contributed by atoms with Gasteiger partial charge in [0.2, 0.25) is 0 Å². The number of carbonyl (C=O) groups is 1. The van der Waals surface area contributed by atoms with Gasteiger partial charge in [0.05, 0.1) is 11.8 Å². The normalized spacial score (nSPS) is 11.3. The maximum atomic E-state index is 12.7. The summed E-state index contributed by atoms with van der Waals surface area (Å²) in [6.07, 6.45) is 1.62. The van der Waals surface area contributed by atoms with Gasteiger partial charge in [-0.15, -0.1) is 11.3 Å². The number of hydrogen-bond donors (Lipinski definition) is 1. The fourth-order valence-corrected chi connectivity index (χ4v) is 2.93. The molecule has 2 heterocycles. The molecule has 0 radical (unpaired) electrons. The third kappa shape index (κ3) is 4.38. The largest absolute Gasteiger partial charge is 0.416 e. The van der Waals surface area contributed by atoms with Gasteiger partial charge in [0.1, 0.15) is 5.69 Å². The van der Waals surface area contributed by atoms with Crippen molar-refractivity contribution in [1.82, 2.24) is 15.0 Å². The van der Waals surface area contributed by atoms with Crippen LogP contribution in [0.3, 0.4) is 0 Å². The van der Waals surface area contributed by atoms with Crippen LogP contribution in [0.5, 0.6) is 0 Å². The lowest BCUT2D eigenvalue weighted by Gasteiger charge is -2.07. The highest BCUT2D eigenvalue weighted by atomic mass is 32.1. The number of thiazole rings is 1. The maximum absolute atomic E-state index is 12.7. The summed E-state index contributed by atoms with van der Waals surface area (Å²) < 4.78 is 38.2. The third-order valence-corrected chi connectivity index (χ3v) is 4.12. The van der Waals surface area contributed by atoms with Crippen molar-refractivity contribution in [1.29, 1.82) is 0 Å². The van der Waals surface area contributed by atoms with Crippen LogP contribution < -0.4 is 5.32 Å². The molecule has 0 saturated carbocycles. The zero-order valence-corrected chi connectivity index (χ0v) is 13.4. The van der Waals surface area contributed by atoms with E-state index < -0.39 is 17.6 Å². The van der Waals surface area contributed by atoms with Gasteiger partial charge in [-0.3, -0.25) is 15.1 Å². The number of rotatable bonds is 4. The molecule has 0 bridgehead atoms. The second-order valence-electron chi connectivity index (χ2n) is 5.05. The Balaban J connectivity index is 1.69. The molecular formula is C16H11F3N4OS. The Morgan fingerprint density at radius 1 is 1.16 bits per heavy atom. The van der Waals surface area contributed by atoms with Gasteiger partial charge in [-0.05, 0) is 11.6 Å². The van der Waals surface area contributed by atoms with Crippen LogP contribution in [0.2, 0.25) is 0 Å². The number of halogens is 3. The van der Waals surface area contributed by atoms with Crippen molar-refractivity contribution in [2.45, 2.75) is 12.6 Å². The predicted octanol–water partition coefficient (Wildman–Crippen LogP) is 3.80. The average Bonchev–Trinajstić information content (AvgIpc) is 3.02. The first-order valence-corrected chi connectivity index (χ1v) is 7.91. The van der Waals surface area contributed by atoms with Crippen molar-refractivity contribution in [2.75, 3.05) is 5.32 Å². The number of hydrogen-bond acceptors (Lipinski definition) is 5. The van der Waals surface area contributed by atoms with Gasteiger partial charge >= 0.3 is 6.18 Å². The van der Waals surface area contributed by atoms with E-state index in [0.717, 1.165) is 17.0 Å². The van der Waals surface area contributed by atoms with Gasteiger partial charge in [-0.1, -0.05) is 18.2 Å². The number of nitrogens with one attached hydrogen (secondary N) is 1. The van der Waals surface area contributed by atoms with E-state index >= 15 is 0 Å². The molecule has 3 rings (SSSR count). The Kier molecular flexibility index (Phi) is 4.75. The number of benzene rings is 1. The quantitative estimate of drug-likeness (QED) is 0.765. The number of amides is 1. The lowest BCUT2D eigenvalue weighted by molar-refractivity contribution is -0.137. The standard InChI is InChI=1S/C16H11F3N4OS/c17-16(18,19)11-3-1-2-10(6-11)7-12-8-22-15(25-12)23-14(24)13-9-20-4-5-21-13/h1-6,8-9H,7H2,(H,22,23,24). The first-order chi connectivity index (χ1) is 11.9. The van der Waals surface area contributed by atoms with Gasteiger partial charge in [-0.25, -0.2) is 9.97 Å². The molecule has 3 aromatic rings. The van der Waals surface area contributed by atoms with E-state index in [1.54, 1.807) is 6.07 Å². The number of aromatic nitrogens is 3. The third-order valence-electron chi connectivity index (χ3n) is 3.20. The van der Waals surface area contributed by atoms with E-state index in [-0.39, 0.29) is 5.69 Å². The Labute approximate surface area is 144 Å². The van der Waals surface area contributed by atoms with Crippen LogP contribution in [0.15, 0.2) is 49.1 Å². The summed E-state index contributed by atoms with van der Waals surface area (Å²) in [4.78, 5) is 24.4. The summed E-state index contributed by atoms with van der Waals surface area (Å²) in [6, 6.07) is 5.13. The minimum absolute atomic E-state index is 0.150. The van der Waals surface area contributed by atoms with Crippen molar-refractivity contribution >= 4 is 22.4 Å². The first kappa shape index (κ1) is 17.0. The van der Waals surface area contributed by atoms with Crippen LogP contribution in [0.4, 0.5) is 18.3 Å². The van der Waals surface area contributed by atoms with E-state index in [1.807, 2.05) is 0 Å². The van der Waals surface area contributed by atoms with E-state index in [4.69, 9.17) is 0 Å². The molecule has 9 heteroatoms. The van der Waals surface area contributed by atoms with Crippen molar-refractivity contribution < 1.29 is 18.0 Å². The summed E-state index contributed by atoms with van der Waals surface area (Å²) in [6.45, 7) is 0. The molecule has 128 valence electrons. The highest BCUT2D eigenvalue weighted by Gasteiger charge is 2.30. The van der Waals surface area contributed by atoms with Crippen LogP contribution in [0, 0.1) is 0 Å². The molecular weight excluding hydrogens is 353 g/mol. The second-order valence-corrected chi connectivity index (χ2v) is 6.17. The highest BCUT2D eigenvalue weighted by Crippen LogP contribution is 2.30. The monoisotopic (exact) mass is 364 g/mol. The van der Waals surface area contributed by atoms with Crippen LogP contribution >= 0.6 is 11.3 Å². The zero-order chi connectivity index (χ0) is 17.9. The van der Waals surface area contributed by atoms with Crippen LogP contribution in [-0.2, 0) is 12.6 Å². The second kappa shape index (κ2) is 6.98. The molecule has 1 N–H and O–H groups in total. The molecule has 25 heavy (non-hydrogen) atoms. The van der Waals surface area contributed by atoms with E-state index in [9.17, 15) is 18.0 Å². The molecule has 1 amide bonds. The summed E-state index contributed by atoms with van der Waals surface area (Å²) in [5, 5.41) is 2.93. The molecule has 0 unspecified atom stereocenters. The molecule has 0 aliphatic heterocycles. The Bertz CT molecular complexity index is 880. The van der Waals surface area contributed by atoms with Crippen molar-refractivity contribution in [2.24, 2.45) is 0 Å². The summed E-state index contributed by atoms with van der Waals surface area (Å²) >= 11 is 1.19. The van der Waals surface area contributed by atoms with Gasteiger partial charge < -0.3 is 0 Å². The molecule has 1 aromatic carbocycles. The maximum Gasteiger partial charge on any atom is 0.416 e. The Morgan fingerprint density at radius 3 is 2.72 bits per heavy atom. The van der Waals surface area contributed by atoms with Gasteiger partial charge in [-0.2, -0.15) is 13.2 Å². The minimum Gasteiger partial charge on any atom is -0.296 e. The SMILES string of the molecule is O=C(Nc1ncc(Cc2cccc(C(F)(F)F)c2)s1)c1cnccn1. The topological polar surface area (TPSA) is 67.8 Å². The van der Waals surface area contributed by atoms with E-state index in [2.05, 4.69) is 20.3 Å². The molecule has 0 saturated heterocycles. The molecule has 0 atom stereocenters. The van der Waals surface area contributed by atoms with Crippen LogP contribution in [-0.4, -0.2) is 20.9 Å². The molecule has 0 fully saturated rings. The molecule has 0 aliphatic rings. The zero-order valence-electron chi connectivity index (χ0n) is 12.6. The molecule has 2 aromatic heterocycles. The molecule has 0 spiro atoms. The number of nitrogens with zero attached hydrogens (tertiary/aromatic N) is 3. The van der Waals surface area contributed by atoms with Crippen LogP contribution in [0.1, 0.15) is 26.5 Å². The van der Waals surface area contributed by atoms with Gasteiger partial charge in [0, 0.05) is 29.9 Å². The van der Waals surface area contributed by atoms with Crippen LogP contribution in [0.25, 0.3) is 0 Å². The van der Waals surface area contributed by atoms with Crippen molar-refractivity contribution in [3.05, 3.63) is 70.8 Å². The highest BCUT2D eigenvalue weighted by molar-refractivity contribution is 7.15. The molecule has 5 nitrogen and oxygen atoms in total. The summed E-state index contributed by atoms with van der Waals surface area (Å²) in [5.41, 5.74) is -0.0203. The first-order valence-electron chi connectivity index (χ1n) is 7.10. The van der Waals surface area contributed by atoms with Crippen molar-refractivity contribution in [3.8, 4) is 0 Å². The number of alkyl halides is 3. The predicted molar refractivity (Wildman–Crippen MR) is 86.3 cm³/mol. The van der Waals surface area contributed by atoms with E-state index in [0.29, 0.717) is 17.1 Å². The lowest BCUT2D eigenvalue weighted by Crippen LogP contribution is -2.13. The summed E-state index contributed by atoms with van der Waals surface area (Å²) in [7, 11) is 0. The summed E-state index contributed by atoms with van der Waals surface area (Å²) in [5.74, 6) is -0.451. The Morgan fingerprint density at radius 2 is 2.00 bits per heavy atom. The lowest BCUT2D eigenvalue weighted by atomic mass is 10.1. The number of carbonyl (C=O) groups excluding carboxylic acids is 1. The average molecular weight is 364 g/mol. The molecule has 0 aliphatic carbocycles. The fraction of sp³-hybridized carbons (Fsp3) is 0.125. The van der Waals surface area contributed by atoms with Crippen molar-refractivity contribution in [3.63, 3.8) is 0 Å². The number of anilines is 1. The van der Waals surface area contributed by atoms with Gasteiger partial charge in [0.15, 0.2) is 5.13 Å². The minimum atomic E-state index is -4.38.